The van der Waals surface area contributed by atoms with Gasteiger partial charge in [-0.2, -0.15) is 0 Å². The maximum Gasteiger partial charge on any atom is 0.335 e. The van der Waals surface area contributed by atoms with Gasteiger partial charge in [-0.05, 0) is 110 Å². The molecule has 0 atom stereocenters. The van der Waals surface area contributed by atoms with Crippen molar-refractivity contribution in [2.75, 3.05) is 31.1 Å². The number of nitrogens with one attached hydrogen (secondary N) is 2. The van der Waals surface area contributed by atoms with Gasteiger partial charge >= 0.3 is 5.97 Å². The molecule has 0 unspecified atom stereocenters. The van der Waals surface area contributed by atoms with Crippen LogP contribution in [0.2, 0.25) is 0 Å². The molecule has 0 saturated carbocycles. The Morgan fingerprint density at radius 3 is 1.47 bits per heavy atom. The van der Waals surface area contributed by atoms with E-state index in [0.29, 0.717) is 48.4 Å². The Bertz CT molecular complexity index is 2730. The molecule has 1 aliphatic rings. The van der Waals surface area contributed by atoms with Gasteiger partial charge in [0, 0.05) is 91.3 Å². The summed E-state index contributed by atoms with van der Waals surface area (Å²) in [7, 11) is 0. The van der Waals surface area contributed by atoms with E-state index in [9.17, 15) is 24.3 Å². The molecule has 12 nitrogen and oxygen atoms in total. The Morgan fingerprint density at radius 2 is 1.03 bits per heavy atom. The van der Waals surface area contributed by atoms with Crippen LogP contribution in [0.15, 0.2) is 133 Å². The van der Waals surface area contributed by atoms with Crippen molar-refractivity contribution in [1.82, 2.24) is 30.5 Å². The van der Waals surface area contributed by atoms with Crippen molar-refractivity contribution in [2.24, 2.45) is 0 Å². The summed E-state index contributed by atoms with van der Waals surface area (Å²) in [6, 6.07) is 33.6. The van der Waals surface area contributed by atoms with Crippen LogP contribution >= 0.6 is 11.3 Å². The fourth-order valence-electron chi connectivity index (χ4n) is 7.02. The van der Waals surface area contributed by atoms with Crippen LogP contribution in [0.3, 0.4) is 0 Å². The van der Waals surface area contributed by atoms with Crippen LogP contribution in [0.1, 0.15) is 75.1 Å². The fourth-order valence-corrected chi connectivity index (χ4v) is 7.72. The quantitative estimate of drug-likeness (QED) is 0.116. The van der Waals surface area contributed by atoms with Gasteiger partial charge < -0.3 is 25.5 Å². The van der Waals surface area contributed by atoms with E-state index >= 15 is 0 Å². The van der Waals surface area contributed by atoms with E-state index in [1.54, 1.807) is 48.1 Å². The standard InChI is InChI=1S/C29H29N5O2S.C22H20N2O3/c1-20-3-7-23(8-4-20)24-15-25(27(35)32-19-22-6-5-21(2)31-18-22)17-26(16-24)28(36)33-10-12-34(13-11-33)29-30-9-14-37-29;1-14-3-7-17(8-4-14)18-9-19(11-20(10-18)22(26)27)21(25)24-13-16-6-5-15(2)23-12-16/h3-9,14-18H,10-13,19H2,1-2H3,(H,32,35);3-12H,13H2,1-2H3,(H,24,25)(H,26,27). The second kappa shape index (κ2) is 20.6. The van der Waals surface area contributed by atoms with Crippen LogP contribution in [0.4, 0.5) is 5.13 Å². The molecule has 13 heteroatoms. The minimum Gasteiger partial charge on any atom is -0.478 e. The minimum absolute atomic E-state index is 0.0652. The van der Waals surface area contributed by atoms with Gasteiger partial charge in [0.2, 0.25) is 0 Å². The zero-order chi connectivity index (χ0) is 45.2. The first-order valence-corrected chi connectivity index (χ1v) is 21.8. The zero-order valence-corrected chi connectivity index (χ0v) is 37.0. The Hall–Kier alpha value is -7.51. The molecule has 1 fully saturated rings. The van der Waals surface area contributed by atoms with E-state index in [2.05, 4.69) is 30.5 Å². The first-order chi connectivity index (χ1) is 30.9. The molecule has 4 aromatic carbocycles. The summed E-state index contributed by atoms with van der Waals surface area (Å²) in [6.45, 7) is 11.2. The van der Waals surface area contributed by atoms with Crippen molar-refractivity contribution in [3.05, 3.63) is 189 Å². The molecule has 3 N–H and O–H groups in total. The van der Waals surface area contributed by atoms with Gasteiger partial charge in [0.05, 0.1) is 5.56 Å². The molecule has 3 amide bonds. The van der Waals surface area contributed by atoms with E-state index in [-0.39, 0.29) is 23.3 Å². The number of benzene rings is 4. The summed E-state index contributed by atoms with van der Waals surface area (Å²) in [5.74, 6) is -1.69. The van der Waals surface area contributed by atoms with Crippen LogP contribution < -0.4 is 15.5 Å². The first kappa shape index (κ1) is 44.5. The summed E-state index contributed by atoms with van der Waals surface area (Å²) < 4.78 is 0. The van der Waals surface area contributed by atoms with E-state index in [0.717, 1.165) is 68.6 Å². The van der Waals surface area contributed by atoms with Gasteiger partial charge in [0.25, 0.3) is 17.7 Å². The molecule has 3 aromatic heterocycles. The normalized spacial score (nSPS) is 12.2. The third-order valence-electron chi connectivity index (χ3n) is 10.8. The van der Waals surface area contributed by atoms with E-state index < -0.39 is 5.97 Å². The Labute approximate surface area is 376 Å². The van der Waals surface area contributed by atoms with E-state index in [1.807, 2.05) is 123 Å². The molecule has 7 aromatic rings. The van der Waals surface area contributed by atoms with Crippen molar-refractivity contribution in [3.63, 3.8) is 0 Å². The Kier molecular flexibility index (Phi) is 14.3. The highest BCUT2D eigenvalue weighted by atomic mass is 32.1. The maximum absolute atomic E-state index is 13.6. The van der Waals surface area contributed by atoms with Crippen molar-refractivity contribution in [3.8, 4) is 22.3 Å². The molecule has 1 saturated heterocycles. The summed E-state index contributed by atoms with van der Waals surface area (Å²) in [5, 5.41) is 18.1. The maximum atomic E-state index is 13.6. The second-order valence-electron chi connectivity index (χ2n) is 15.7. The summed E-state index contributed by atoms with van der Waals surface area (Å²) in [4.78, 5) is 67.7. The van der Waals surface area contributed by atoms with Gasteiger partial charge in [-0.1, -0.05) is 71.8 Å². The van der Waals surface area contributed by atoms with Crippen molar-refractivity contribution in [1.29, 1.82) is 0 Å². The number of amides is 3. The first-order valence-electron chi connectivity index (χ1n) is 20.9. The number of piperazine rings is 1. The fraction of sp³-hybridized carbons (Fsp3) is 0.196. The molecular formula is C51H49N7O5S. The third kappa shape index (κ3) is 11.7. The highest BCUT2D eigenvalue weighted by molar-refractivity contribution is 7.13. The second-order valence-corrected chi connectivity index (χ2v) is 16.6. The van der Waals surface area contributed by atoms with Gasteiger partial charge in [0.15, 0.2) is 5.13 Å². The number of thiazole rings is 1. The molecule has 324 valence electrons. The van der Waals surface area contributed by atoms with Crippen molar-refractivity contribution in [2.45, 2.75) is 40.8 Å². The molecule has 64 heavy (non-hydrogen) atoms. The monoisotopic (exact) mass is 871 g/mol. The predicted molar refractivity (Wildman–Crippen MR) is 251 cm³/mol. The highest BCUT2D eigenvalue weighted by Crippen LogP contribution is 2.26. The van der Waals surface area contributed by atoms with E-state index in [4.69, 9.17) is 0 Å². The summed E-state index contributed by atoms with van der Waals surface area (Å²) in [6.07, 6.45) is 5.27. The van der Waals surface area contributed by atoms with Gasteiger partial charge in [0.1, 0.15) is 0 Å². The van der Waals surface area contributed by atoms with Gasteiger partial charge in [-0.25, -0.2) is 9.78 Å². The number of carboxylic acids is 1. The lowest BCUT2D eigenvalue weighted by atomic mass is 9.98. The predicted octanol–water partition coefficient (Wildman–Crippen LogP) is 8.71. The lowest BCUT2D eigenvalue weighted by molar-refractivity contribution is 0.0695. The highest BCUT2D eigenvalue weighted by Gasteiger charge is 2.25. The van der Waals surface area contributed by atoms with Crippen LogP contribution in [-0.4, -0.2) is 74.8 Å². The smallest absolute Gasteiger partial charge is 0.335 e. The lowest BCUT2D eigenvalue weighted by Gasteiger charge is -2.34. The number of nitrogens with zero attached hydrogens (tertiary/aromatic N) is 5. The molecule has 0 radical (unpaired) electrons. The largest absolute Gasteiger partial charge is 0.478 e. The lowest BCUT2D eigenvalue weighted by Crippen LogP contribution is -2.48. The Morgan fingerprint density at radius 1 is 0.562 bits per heavy atom. The average molecular weight is 872 g/mol. The topological polar surface area (TPSA) is 158 Å². The SMILES string of the molecule is Cc1ccc(-c2cc(C(=O)NCc3ccc(C)nc3)cc(C(=O)N3CCN(c4nccs4)CC3)c2)cc1.Cc1ccc(-c2cc(C(=O)O)cc(C(=O)NCc3ccc(C)nc3)c2)cc1. The number of aryl methyl sites for hydroxylation is 4. The molecule has 8 rings (SSSR count). The average Bonchev–Trinajstić information content (AvgIpc) is 3.87. The molecule has 0 spiro atoms. The number of carbonyl (C=O) groups excluding carboxylic acids is 3. The Balaban J connectivity index is 0.000000201. The molecule has 0 bridgehead atoms. The molecular weight excluding hydrogens is 823 g/mol. The van der Waals surface area contributed by atoms with Crippen LogP contribution in [0, 0.1) is 27.7 Å². The van der Waals surface area contributed by atoms with Gasteiger partial charge in [-0.15, -0.1) is 11.3 Å². The zero-order valence-electron chi connectivity index (χ0n) is 36.2. The number of rotatable bonds is 11. The molecule has 1 aliphatic heterocycles. The third-order valence-corrected chi connectivity index (χ3v) is 11.6. The number of carbonyl (C=O) groups is 4. The minimum atomic E-state index is -1.07. The van der Waals surface area contributed by atoms with Crippen LogP contribution in [0.5, 0.6) is 0 Å². The number of aromatic carboxylic acids is 1. The van der Waals surface area contributed by atoms with E-state index in [1.165, 1.54) is 6.07 Å². The van der Waals surface area contributed by atoms with Crippen molar-refractivity contribution < 1.29 is 24.3 Å². The summed E-state index contributed by atoms with van der Waals surface area (Å²) in [5.41, 5.74) is 10.6. The number of aromatic nitrogens is 3. The van der Waals surface area contributed by atoms with Crippen molar-refractivity contribution >= 4 is 40.2 Å². The van der Waals surface area contributed by atoms with Crippen LogP contribution in [0.25, 0.3) is 22.3 Å². The number of pyridine rings is 2. The number of hydrogen-bond acceptors (Lipinski definition) is 9. The van der Waals surface area contributed by atoms with Gasteiger partial charge in [-0.3, -0.25) is 24.4 Å². The van der Waals surface area contributed by atoms with Crippen LogP contribution in [-0.2, 0) is 13.1 Å². The molecule has 4 heterocycles. The molecule has 0 aliphatic carbocycles. The number of anilines is 1. The number of carboxylic acid groups (broad SMARTS) is 1. The number of hydrogen-bond donors (Lipinski definition) is 3. The summed E-state index contributed by atoms with van der Waals surface area (Å²) >= 11 is 1.61.